The Morgan fingerprint density at radius 3 is 2.57 bits per heavy atom. The van der Waals surface area contributed by atoms with Crippen molar-refractivity contribution in [2.45, 2.75) is 19.4 Å². The monoisotopic (exact) mass is 339 g/mol. The van der Waals surface area contributed by atoms with E-state index in [2.05, 4.69) is 83.5 Å². The van der Waals surface area contributed by atoms with Crippen molar-refractivity contribution in [3.63, 3.8) is 0 Å². The number of halogens is 1. The molecular formula is C19H18BrN. The Balaban J connectivity index is 1.92. The molecule has 0 spiro atoms. The molecule has 0 aliphatic heterocycles. The molecule has 0 aliphatic rings. The summed E-state index contributed by atoms with van der Waals surface area (Å²) in [5.41, 5.74) is 10.1. The van der Waals surface area contributed by atoms with Gasteiger partial charge in [-0.25, -0.2) is 0 Å². The molecule has 0 saturated heterocycles. The van der Waals surface area contributed by atoms with E-state index < -0.39 is 0 Å². The standard InChI is InChI=1S/C19H18BrN/c1-13-11-16(9-10-18(13)20)19(21)12-15-7-4-6-14-5-2-3-8-17(14)15/h2-11,19H,12,21H2,1H3. The van der Waals surface area contributed by atoms with Gasteiger partial charge in [0.05, 0.1) is 0 Å². The van der Waals surface area contributed by atoms with Crippen molar-refractivity contribution in [3.05, 3.63) is 81.8 Å². The fourth-order valence-corrected chi connectivity index (χ4v) is 2.97. The quantitative estimate of drug-likeness (QED) is 0.701. The average Bonchev–Trinajstić information content (AvgIpc) is 2.50. The first-order valence-corrected chi connectivity index (χ1v) is 7.93. The molecule has 0 amide bonds. The van der Waals surface area contributed by atoms with Crippen molar-refractivity contribution in [3.8, 4) is 0 Å². The molecule has 1 atom stereocenters. The zero-order chi connectivity index (χ0) is 14.8. The second-order valence-corrected chi connectivity index (χ2v) is 6.31. The number of hydrogen-bond acceptors (Lipinski definition) is 1. The van der Waals surface area contributed by atoms with E-state index in [4.69, 9.17) is 5.73 Å². The summed E-state index contributed by atoms with van der Waals surface area (Å²) >= 11 is 3.54. The van der Waals surface area contributed by atoms with Gasteiger partial charge >= 0.3 is 0 Å². The van der Waals surface area contributed by atoms with Crippen LogP contribution in [0.25, 0.3) is 10.8 Å². The van der Waals surface area contributed by atoms with Crippen LogP contribution in [0.5, 0.6) is 0 Å². The Bertz CT molecular complexity index is 774. The molecule has 0 heterocycles. The highest BCUT2D eigenvalue weighted by molar-refractivity contribution is 9.10. The lowest BCUT2D eigenvalue weighted by Gasteiger charge is -2.15. The number of rotatable bonds is 3. The molecule has 3 aromatic carbocycles. The van der Waals surface area contributed by atoms with E-state index in [-0.39, 0.29) is 6.04 Å². The summed E-state index contributed by atoms with van der Waals surface area (Å²) in [6, 6.07) is 21.3. The summed E-state index contributed by atoms with van der Waals surface area (Å²) in [4.78, 5) is 0. The van der Waals surface area contributed by atoms with Crippen LogP contribution in [0, 0.1) is 6.92 Å². The lowest BCUT2D eigenvalue weighted by atomic mass is 9.95. The topological polar surface area (TPSA) is 26.0 Å². The summed E-state index contributed by atoms with van der Waals surface area (Å²) in [5.74, 6) is 0. The van der Waals surface area contributed by atoms with Crippen molar-refractivity contribution < 1.29 is 0 Å². The van der Waals surface area contributed by atoms with Crippen LogP contribution in [0.4, 0.5) is 0 Å². The SMILES string of the molecule is Cc1cc(C(N)Cc2cccc3ccccc23)ccc1Br. The van der Waals surface area contributed by atoms with Crippen LogP contribution >= 0.6 is 15.9 Å². The molecule has 106 valence electrons. The van der Waals surface area contributed by atoms with Crippen molar-refractivity contribution in [2.24, 2.45) is 5.73 Å². The van der Waals surface area contributed by atoms with Crippen LogP contribution < -0.4 is 5.73 Å². The van der Waals surface area contributed by atoms with Crippen LogP contribution in [0.2, 0.25) is 0 Å². The van der Waals surface area contributed by atoms with Gasteiger partial charge in [-0.3, -0.25) is 0 Å². The second kappa shape index (κ2) is 6.00. The van der Waals surface area contributed by atoms with Gasteiger partial charge in [0.15, 0.2) is 0 Å². The van der Waals surface area contributed by atoms with Crippen LogP contribution in [0.15, 0.2) is 65.1 Å². The summed E-state index contributed by atoms with van der Waals surface area (Å²) in [6.45, 7) is 2.10. The van der Waals surface area contributed by atoms with Gasteiger partial charge in [0.1, 0.15) is 0 Å². The van der Waals surface area contributed by atoms with E-state index in [0.29, 0.717) is 0 Å². The fraction of sp³-hybridized carbons (Fsp3) is 0.158. The minimum absolute atomic E-state index is 0.0163. The summed E-state index contributed by atoms with van der Waals surface area (Å²) in [5, 5.41) is 2.57. The summed E-state index contributed by atoms with van der Waals surface area (Å²) < 4.78 is 1.13. The van der Waals surface area contributed by atoms with E-state index in [0.717, 1.165) is 10.9 Å². The summed E-state index contributed by atoms with van der Waals surface area (Å²) in [7, 11) is 0. The first-order valence-electron chi connectivity index (χ1n) is 7.13. The van der Waals surface area contributed by atoms with Crippen LogP contribution in [0.1, 0.15) is 22.7 Å². The number of fused-ring (bicyclic) bond motifs is 1. The normalized spacial score (nSPS) is 12.5. The van der Waals surface area contributed by atoms with Gasteiger partial charge < -0.3 is 5.73 Å². The van der Waals surface area contributed by atoms with Crippen molar-refractivity contribution >= 4 is 26.7 Å². The molecule has 3 aromatic rings. The summed E-state index contributed by atoms with van der Waals surface area (Å²) in [6.07, 6.45) is 0.850. The maximum atomic E-state index is 6.42. The number of nitrogens with two attached hydrogens (primary N) is 1. The predicted octanol–water partition coefficient (Wildman–Crippen LogP) is 5.15. The minimum atomic E-state index is 0.0163. The highest BCUT2D eigenvalue weighted by Crippen LogP contribution is 2.25. The van der Waals surface area contributed by atoms with E-state index in [9.17, 15) is 0 Å². The third-order valence-electron chi connectivity index (χ3n) is 3.93. The first-order chi connectivity index (χ1) is 10.1. The number of hydrogen-bond donors (Lipinski definition) is 1. The molecule has 0 aromatic heterocycles. The highest BCUT2D eigenvalue weighted by Gasteiger charge is 2.10. The van der Waals surface area contributed by atoms with Gasteiger partial charge in [-0.05, 0) is 46.9 Å². The zero-order valence-corrected chi connectivity index (χ0v) is 13.6. The third kappa shape index (κ3) is 3.02. The maximum Gasteiger partial charge on any atom is 0.0336 e. The molecule has 2 heteroatoms. The average molecular weight is 340 g/mol. The number of aryl methyl sites for hydroxylation is 1. The smallest absolute Gasteiger partial charge is 0.0336 e. The van der Waals surface area contributed by atoms with Gasteiger partial charge in [0, 0.05) is 10.5 Å². The number of benzene rings is 3. The van der Waals surface area contributed by atoms with Gasteiger partial charge in [0.2, 0.25) is 0 Å². The maximum absolute atomic E-state index is 6.42. The van der Waals surface area contributed by atoms with Gasteiger partial charge in [0.25, 0.3) is 0 Å². The molecular weight excluding hydrogens is 322 g/mol. The van der Waals surface area contributed by atoms with Gasteiger partial charge in [-0.15, -0.1) is 0 Å². The highest BCUT2D eigenvalue weighted by atomic mass is 79.9. The molecule has 0 aliphatic carbocycles. The van der Waals surface area contributed by atoms with Crippen LogP contribution in [-0.2, 0) is 6.42 Å². The van der Waals surface area contributed by atoms with E-state index >= 15 is 0 Å². The van der Waals surface area contributed by atoms with Crippen LogP contribution in [0.3, 0.4) is 0 Å². The van der Waals surface area contributed by atoms with Gasteiger partial charge in [-0.2, -0.15) is 0 Å². The Kier molecular flexibility index (Phi) is 4.09. The lowest BCUT2D eigenvalue weighted by molar-refractivity contribution is 0.724. The molecule has 0 radical (unpaired) electrons. The second-order valence-electron chi connectivity index (χ2n) is 5.46. The van der Waals surface area contributed by atoms with E-state index in [1.54, 1.807) is 0 Å². The minimum Gasteiger partial charge on any atom is -0.324 e. The molecule has 0 saturated carbocycles. The van der Waals surface area contributed by atoms with Crippen LogP contribution in [-0.4, -0.2) is 0 Å². The Morgan fingerprint density at radius 2 is 1.76 bits per heavy atom. The predicted molar refractivity (Wildman–Crippen MR) is 93.5 cm³/mol. The Labute approximate surface area is 133 Å². The Hall–Kier alpha value is -1.64. The molecule has 1 unspecified atom stereocenters. The fourth-order valence-electron chi connectivity index (χ4n) is 2.72. The lowest BCUT2D eigenvalue weighted by Crippen LogP contribution is -2.13. The molecule has 21 heavy (non-hydrogen) atoms. The van der Waals surface area contributed by atoms with E-state index in [1.807, 2.05) is 0 Å². The van der Waals surface area contributed by atoms with Crippen molar-refractivity contribution in [1.82, 2.24) is 0 Å². The van der Waals surface area contributed by atoms with Crippen molar-refractivity contribution in [2.75, 3.05) is 0 Å². The molecule has 3 rings (SSSR count). The largest absolute Gasteiger partial charge is 0.324 e. The zero-order valence-electron chi connectivity index (χ0n) is 12.0. The molecule has 0 bridgehead atoms. The Morgan fingerprint density at radius 1 is 1.00 bits per heavy atom. The molecule has 0 fully saturated rings. The van der Waals surface area contributed by atoms with E-state index in [1.165, 1.54) is 27.5 Å². The molecule has 2 N–H and O–H groups in total. The van der Waals surface area contributed by atoms with Gasteiger partial charge in [-0.1, -0.05) is 70.5 Å². The first kappa shape index (κ1) is 14.3. The van der Waals surface area contributed by atoms with Crippen molar-refractivity contribution in [1.29, 1.82) is 0 Å². The molecule has 1 nitrogen and oxygen atoms in total. The third-order valence-corrected chi connectivity index (χ3v) is 4.82.